The maximum atomic E-state index is 4.33. The molecule has 0 saturated heterocycles. The van der Waals surface area contributed by atoms with Crippen LogP contribution in [0.2, 0.25) is 0 Å². The van der Waals surface area contributed by atoms with Crippen molar-refractivity contribution in [1.29, 1.82) is 0 Å². The summed E-state index contributed by atoms with van der Waals surface area (Å²) in [6.45, 7) is 20.2. The van der Waals surface area contributed by atoms with Gasteiger partial charge in [0.1, 0.15) is 0 Å². The summed E-state index contributed by atoms with van der Waals surface area (Å²) in [4.78, 5) is 2.10. The van der Waals surface area contributed by atoms with E-state index < -0.39 is 0 Å². The third-order valence-corrected chi connectivity index (χ3v) is 4.11. The fraction of sp³-hybridized carbons (Fsp3) is 0.667. The fourth-order valence-electron chi connectivity index (χ4n) is 2.42. The second kappa shape index (κ2) is 9.02. The van der Waals surface area contributed by atoms with Crippen LogP contribution in [0.1, 0.15) is 53.9 Å². The van der Waals surface area contributed by atoms with Gasteiger partial charge in [-0.3, -0.25) is 0 Å². The van der Waals surface area contributed by atoms with Crippen LogP contribution in [0, 0.1) is 5.92 Å². The number of nitrogens with one attached hydrogen (secondary N) is 1. The van der Waals surface area contributed by atoms with E-state index in [0.717, 1.165) is 25.8 Å². The lowest BCUT2D eigenvalue weighted by molar-refractivity contribution is 0.350. The van der Waals surface area contributed by atoms with Crippen molar-refractivity contribution >= 4 is 0 Å². The molecule has 2 nitrogen and oxygen atoms in total. The molecule has 0 aromatic carbocycles. The molecule has 1 N–H and O–H groups in total. The fourth-order valence-corrected chi connectivity index (χ4v) is 2.42. The van der Waals surface area contributed by atoms with E-state index in [-0.39, 0.29) is 5.54 Å². The van der Waals surface area contributed by atoms with E-state index in [4.69, 9.17) is 0 Å². The molecule has 1 atom stereocenters. The van der Waals surface area contributed by atoms with Crippen molar-refractivity contribution < 1.29 is 0 Å². The van der Waals surface area contributed by atoms with Gasteiger partial charge in [0.15, 0.2) is 0 Å². The Kier molecular flexibility index (Phi) is 8.56. The monoisotopic (exact) mass is 278 g/mol. The molecule has 0 aliphatic heterocycles. The minimum absolute atomic E-state index is 0.000443. The molecule has 0 bridgehead atoms. The van der Waals surface area contributed by atoms with Gasteiger partial charge in [-0.05, 0) is 51.8 Å². The van der Waals surface area contributed by atoms with Crippen molar-refractivity contribution in [2.45, 2.75) is 59.4 Å². The van der Waals surface area contributed by atoms with E-state index in [0.29, 0.717) is 5.92 Å². The quantitative estimate of drug-likeness (QED) is 0.582. The molecular weight excluding hydrogens is 244 g/mol. The summed E-state index contributed by atoms with van der Waals surface area (Å²) in [5.74, 6) is 0.496. The summed E-state index contributed by atoms with van der Waals surface area (Å²) in [6, 6.07) is 0. The minimum Gasteiger partial charge on any atom is -0.355 e. The van der Waals surface area contributed by atoms with Crippen LogP contribution < -0.4 is 5.32 Å². The lowest BCUT2D eigenvalue weighted by Gasteiger charge is -2.36. The first-order chi connectivity index (χ1) is 9.32. The molecule has 0 rings (SSSR count). The highest BCUT2D eigenvalue weighted by molar-refractivity contribution is 5.18. The molecule has 2 heteroatoms. The van der Waals surface area contributed by atoms with E-state index in [2.05, 4.69) is 71.1 Å². The van der Waals surface area contributed by atoms with Crippen molar-refractivity contribution in [1.82, 2.24) is 10.2 Å². The summed E-state index contributed by atoms with van der Waals surface area (Å²) in [6.07, 6.45) is 7.26. The average Bonchev–Trinajstić information content (AvgIpc) is 2.44. The summed E-state index contributed by atoms with van der Waals surface area (Å²) in [7, 11) is 2.05. The van der Waals surface area contributed by atoms with Crippen LogP contribution in [-0.4, -0.2) is 24.0 Å². The predicted octanol–water partition coefficient (Wildman–Crippen LogP) is 4.72. The molecular formula is C18H34N2. The third kappa shape index (κ3) is 5.54. The number of hydrogen-bond donors (Lipinski definition) is 1. The molecule has 0 heterocycles. The van der Waals surface area contributed by atoms with Crippen LogP contribution in [0.25, 0.3) is 0 Å². The molecule has 0 fully saturated rings. The minimum atomic E-state index is 0.000443. The molecule has 20 heavy (non-hydrogen) atoms. The molecule has 0 saturated carbocycles. The summed E-state index contributed by atoms with van der Waals surface area (Å²) >= 11 is 0. The van der Waals surface area contributed by atoms with Crippen LogP contribution in [0.3, 0.4) is 0 Å². The molecule has 0 aliphatic carbocycles. The van der Waals surface area contributed by atoms with Gasteiger partial charge < -0.3 is 10.2 Å². The molecule has 0 radical (unpaired) electrons. The van der Waals surface area contributed by atoms with Crippen LogP contribution >= 0.6 is 0 Å². The largest absolute Gasteiger partial charge is 0.355 e. The number of rotatable bonds is 10. The molecule has 1 unspecified atom stereocenters. The van der Waals surface area contributed by atoms with Gasteiger partial charge in [-0.25, -0.2) is 0 Å². The van der Waals surface area contributed by atoms with Gasteiger partial charge in [-0.2, -0.15) is 0 Å². The number of hydrogen-bond acceptors (Lipinski definition) is 2. The highest BCUT2D eigenvalue weighted by Gasteiger charge is 2.28. The third-order valence-electron chi connectivity index (χ3n) is 4.11. The second-order valence-electron chi connectivity index (χ2n) is 6.01. The Morgan fingerprint density at radius 1 is 1.40 bits per heavy atom. The number of allylic oxidation sites excluding steroid dienone is 2. The number of nitrogens with zero attached hydrogens (tertiary/aromatic N) is 1. The van der Waals surface area contributed by atoms with Crippen LogP contribution in [0.15, 0.2) is 36.7 Å². The molecule has 0 aliphatic rings. The molecule has 116 valence electrons. The van der Waals surface area contributed by atoms with Crippen molar-refractivity contribution in [3.8, 4) is 0 Å². The van der Waals surface area contributed by atoms with Crippen molar-refractivity contribution in [3.05, 3.63) is 36.7 Å². The Morgan fingerprint density at radius 2 is 2.00 bits per heavy atom. The Balaban J connectivity index is 4.90. The van der Waals surface area contributed by atoms with Gasteiger partial charge in [0.25, 0.3) is 0 Å². The first kappa shape index (κ1) is 19.0. The predicted molar refractivity (Wildman–Crippen MR) is 91.6 cm³/mol. The summed E-state index contributed by atoms with van der Waals surface area (Å²) < 4.78 is 0. The van der Waals surface area contributed by atoms with E-state index in [1.54, 1.807) is 0 Å². The molecule has 0 aromatic rings. The Morgan fingerprint density at radius 3 is 2.40 bits per heavy atom. The van der Waals surface area contributed by atoms with Gasteiger partial charge in [-0.15, -0.1) is 0 Å². The normalized spacial score (nSPS) is 15.1. The Hall–Kier alpha value is -1.02. The SMILES string of the molecule is C=CN(C)/C(=C\C)CCC(C)(NCCC)C(=C)C(C)C. The van der Waals surface area contributed by atoms with Gasteiger partial charge in [0.05, 0.1) is 0 Å². The molecule has 0 spiro atoms. The van der Waals surface area contributed by atoms with Gasteiger partial charge in [-0.1, -0.05) is 45.6 Å². The van der Waals surface area contributed by atoms with Crippen LogP contribution in [0.5, 0.6) is 0 Å². The smallest absolute Gasteiger partial charge is 0.0368 e. The van der Waals surface area contributed by atoms with E-state index >= 15 is 0 Å². The highest BCUT2D eigenvalue weighted by Crippen LogP contribution is 2.29. The topological polar surface area (TPSA) is 15.3 Å². The molecule has 0 aromatic heterocycles. The van der Waals surface area contributed by atoms with Gasteiger partial charge in [0, 0.05) is 18.3 Å². The van der Waals surface area contributed by atoms with Crippen molar-refractivity contribution in [3.63, 3.8) is 0 Å². The van der Waals surface area contributed by atoms with E-state index in [1.807, 2.05) is 6.20 Å². The standard InChI is InChI=1S/C18H34N2/c1-9-14-19-18(7,16(6)15(4)5)13-12-17(10-2)20(8)11-3/h10-11,15,19H,3,6,9,12-14H2,1-2,4-5,7-8H3/b17-10-. The maximum Gasteiger partial charge on any atom is 0.0368 e. The zero-order chi connectivity index (χ0) is 15.8. The highest BCUT2D eigenvalue weighted by atomic mass is 15.1. The second-order valence-corrected chi connectivity index (χ2v) is 6.01. The summed E-state index contributed by atoms with van der Waals surface area (Å²) in [5, 5.41) is 3.69. The first-order valence-electron chi connectivity index (χ1n) is 7.77. The van der Waals surface area contributed by atoms with Crippen LogP contribution in [-0.2, 0) is 0 Å². The average molecular weight is 278 g/mol. The van der Waals surface area contributed by atoms with Crippen molar-refractivity contribution in [2.75, 3.05) is 13.6 Å². The lowest BCUT2D eigenvalue weighted by atomic mass is 9.81. The molecule has 0 amide bonds. The zero-order valence-electron chi connectivity index (χ0n) is 14.4. The first-order valence-corrected chi connectivity index (χ1v) is 7.77. The Labute approximate surface area is 126 Å². The lowest BCUT2D eigenvalue weighted by Crippen LogP contribution is -2.45. The van der Waals surface area contributed by atoms with E-state index in [1.165, 1.54) is 11.3 Å². The summed E-state index contributed by atoms with van der Waals surface area (Å²) in [5.41, 5.74) is 2.60. The maximum absolute atomic E-state index is 4.33. The van der Waals surface area contributed by atoms with Gasteiger partial charge >= 0.3 is 0 Å². The Bertz CT molecular complexity index is 341. The van der Waals surface area contributed by atoms with Crippen LogP contribution in [0.4, 0.5) is 0 Å². The van der Waals surface area contributed by atoms with Crippen molar-refractivity contribution in [2.24, 2.45) is 5.92 Å². The van der Waals surface area contributed by atoms with Gasteiger partial charge in [0.2, 0.25) is 0 Å². The van der Waals surface area contributed by atoms with E-state index in [9.17, 15) is 0 Å². The zero-order valence-corrected chi connectivity index (χ0v) is 14.4.